The van der Waals surface area contributed by atoms with Crippen molar-refractivity contribution in [2.75, 3.05) is 51.3 Å². The number of hydrogen-bond acceptors (Lipinski definition) is 4. The standard InChI is InChI=1S/C21H34FN5O.HI/c1-16(27-10-11-28-15-17(27)2)13-24-21(23-3)25-19-7-5-9-26(14-19)20-8-4-6-18(22)12-20;/h4,6,8,12,16-17,19H,5,7,9-11,13-15H2,1-3H3,(H2,23,24,25);1H. The fourth-order valence-corrected chi connectivity index (χ4v) is 4.15. The van der Waals surface area contributed by atoms with Crippen LogP contribution in [-0.4, -0.2) is 75.4 Å². The summed E-state index contributed by atoms with van der Waals surface area (Å²) in [5.74, 6) is 0.648. The summed E-state index contributed by atoms with van der Waals surface area (Å²) in [6.45, 7) is 9.68. The molecule has 2 aliphatic heterocycles. The maximum absolute atomic E-state index is 13.6. The number of guanidine groups is 1. The number of ether oxygens (including phenoxy) is 1. The van der Waals surface area contributed by atoms with E-state index in [-0.39, 0.29) is 29.8 Å². The zero-order chi connectivity index (χ0) is 19.9. The highest BCUT2D eigenvalue weighted by Crippen LogP contribution is 2.20. The molecule has 2 aliphatic rings. The van der Waals surface area contributed by atoms with Crippen LogP contribution in [0.15, 0.2) is 29.3 Å². The van der Waals surface area contributed by atoms with Crippen LogP contribution in [0.25, 0.3) is 0 Å². The minimum Gasteiger partial charge on any atom is -0.379 e. The van der Waals surface area contributed by atoms with Crippen molar-refractivity contribution in [3.63, 3.8) is 0 Å². The molecule has 2 N–H and O–H groups in total. The number of piperidine rings is 1. The summed E-state index contributed by atoms with van der Waals surface area (Å²) >= 11 is 0. The van der Waals surface area contributed by atoms with Crippen molar-refractivity contribution in [1.29, 1.82) is 0 Å². The summed E-state index contributed by atoms with van der Waals surface area (Å²) in [5, 5.41) is 7.03. The van der Waals surface area contributed by atoms with E-state index in [1.807, 2.05) is 13.1 Å². The second kappa shape index (κ2) is 11.9. The van der Waals surface area contributed by atoms with Gasteiger partial charge in [0.15, 0.2) is 5.96 Å². The van der Waals surface area contributed by atoms with E-state index in [2.05, 4.69) is 39.3 Å². The van der Waals surface area contributed by atoms with Crippen molar-refractivity contribution in [2.45, 2.75) is 44.8 Å². The van der Waals surface area contributed by atoms with Crippen molar-refractivity contribution >= 4 is 35.6 Å². The second-order valence-corrected chi connectivity index (χ2v) is 7.87. The van der Waals surface area contributed by atoms with Crippen LogP contribution < -0.4 is 15.5 Å². The number of rotatable bonds is 5. The van der Waals surface area contributed by atoms with E-state index in [0.717, 1.165) is 63.9 Å². The Bertz CT molecular complexity index is 662. The first-order valence-electron chi connectivity index (χ1n) is 10.4. The summed E-state index contributed by atoms with van der Waals surface area (Å²) in [6, 6.07) is 8.00. The van der Waals surface area contributed by atoms with Gasteiger partial charge in [0.05, 0.1) is 13.2 Å². The van der Waals surface area contributed by atoms with E-state index in [1.165, 1.54) is 6.07 Å². The lowest BCUT2D eigenvalue weighted by molar-refractivity contribution is -0.0174. The Balaban J connectivity index is 0.00000300. The SMILES string of the molecule is CN=C(NCC(C)N1CCOCC1C)NC1CCCN(c2cccc(F)c2)C1.I. The summed E-state index contributed by atoms with van der Waals surface area (Å²) in [6.07, 6.45) is 2.16. The molecule has 29 heavy (non-hydrogen) atoms. The van der Waals surface area contributed by atoms with Crippen molar-refractivity contribution in [3.8, 4) is 0 Å². The number of morpholine rings is 1. The van der Waals surface area contributed by atoms with Gasteiger partial charge in [0.1, 0.15) is 5.82 Å². The molecule has 8 heteroatoms. The number of aliphatic imine (C=N–C) groups is 1. The van der Waals surface area contributed by atoms with Crippen LogP contribution in [0.4, 0.5) is 10.1 Å². The predicted molar refractivity (Wildman–Crippen MR) is 128 cm³/mol. The van der Waals surface area contributed by atoms with Gasteiger partial charge in [0.2, 0.25) is 0 Å². The van der Waals surface area contributed by atoms with E-state index in [9.17, 15) is 4.39 Å². The van der Waals surface area contributed by atoms with Crippen molar-refractivity contribution in [3.05, 3.63) is 30.1 Å². The monoisotopic (exact) mass is 519 g/mol. The largest absolute Gasteiger partial charge is 0.379 e. The number of nitrogens with zero attached hydrogens (tertiary/aromatic N) is 3. The van der Waals surface area contributed by atoms with Gasteiger partial charge in [-0.25, -0.2) is 4.39 Å². The zero-order valence-corrected chi connectivity index (χ0v) is 20.1. The van der Waals surface area contributed by atoms with Crippen molar-refractivity contribution in [2.24, 2.45) is 4.99 Å². The summed E-state index contributed by atoms with van der Waals surface area (Å²) in [5.41, 5.74) is 0.948. The number of halogens is 2. The number of benzene rings is 1. The van der Waals surface area contributed by atoms with Crippen molar-refractivity contribution in [1.82, 2.24) is 15.5 Å². The Morgan fingerprint density at radius 1 is 1.38 bits per heavy atom. The molecule has 3 atom stereocenters. The molecule has 1 aromatic rings. The van der Waals surface area contributed by atoms with Crippen LogP contribution >= 0.6 is 24.0 Å². The zero-order valence-electron chi connectivity index (χ0n) is 17.7. The molecule has 0 aliphatic carbocycles. The lowest BCUT2D eigenvalue weighted by Crippen LogP contribution is -2.55. The molecular weight excluding hydrogens is 484 g/mol. The van der Waals surface area contributed by atoms with E-state index in [1.54, 1.807) is 12.1 Å². The average Bonchev–Trinajstić information content (AvgIpc) is 2.71. The van der Waals surface area contributed by atoms with Gasteiger partial charge in [-0.05, 0) is 44.9 Å². The smallest absolute Gasteiger partial charge is 0.191 e. The number of anilines is 1. The lowest BCUT2D eigenvalue weighted by Gasteiger charge is -2.38. The Kier molecular flexibility index (Phi) is 9.91. The first-order chi connectivity index (χ1) is 13.6. The van der Waals surface area contributed by atoms with Gasteiger partial charge in [-0.15, -0.1) is 24.0 Å². The fourth-order valence-electron chi connectivity index (χ4n) is 4.15. The van der Waals surface area contributed by atoms with Crippen LogP contribution in [-0.2, 0) is 4.74 Å². The molecule has 2 heterocycles. The molecule has 3 unspecified atom stereocenters. The van der Waals surface area contributed by atoms with Crippen LogP contribution in [0, 0.1) is 5.82 Å². The Morgan fingerprint density at radius 2 is 2.21 bits per heavy atom. The molecule has 1 aromatic carbocycles. The Labute approximate surface area is 191 Å². The van der Waals surface area contributed by atoms with E-state index in [0.29, 0.717) is 18.1 Å². The topological polar surface area (TPSA) is 52.1 Å². The normalized spacial score (nSPS) is 24.6. The maximum Gasteiger partial charge on any atom is 0.191 e. The summed E-state index contributed by atoms with van der Waals surface area (Å²) < 4.78 is 19.1. The van der Waals surface area contributed by atoms with E-state index < -0.39 is 0 Å². The third-order valence-corrected chi connectivity index (χ3v) is 5.71. The average molecular weight is 519 g/mol. The molecule has 0 aromatic heterocycles. The van der Waals surface area contributed by atoms with Crippen LogP contribution in [0.5, 0.6) is 0 Å². The highest BCUT2D eigenvalue weighted by atomic mass is 127. The molecule has 0 bridgehead atoms. The molecule has 6 nitrogen and oxygen atoms in total. The lowest BCUT2D eigenvalue weighted by atomic mass is 10.0. The fraction of sp³-hybridized carbons (Fsp3) is 0.667. The van der Waals surface area contributed by atoms with Gasteiger partial charge >= 0.3 is 0 Å². The van der Waals surface area contributed by atoms with Gasteiger partial charge in [-0.2, -0.15) is 0 Å². The Hall–Kier alpha value is -1.13. The second-order valence-electron chi connectivity index (χ2n) is 7.87. The number of hydrogen-bond donors (Lipinski definition) is 2. The van der Waals surface area contributed by atoms with Gasteiger partial charge in [-0.1, -0.05) is 6.07 Å². The first kappa shape index (κ1) is 24.1. The van der Waals surface area contributed by atoms with Crippen molar-refractivity contribution < 1.29 is 9.13 Å². The molecular formula is C21H35FIN5O. The Morgan fingerprint density at radius 3 is 2.93 bits per heavy atom. The van der Waals surface area contributed by atoms with Gasteiger partial charge in [0, 0.05) is 57.0 Å². The van der Waals surface area contributed by atoms with Gasteiger partial charge in [0.25, 0.3) is 0 Å². The quantitative estimate of drug-likeness (QED) is 0.356. The van der Waals surface area contributed by atoms with E-state index >= 15 is 0 Å². The third kappa shape index (κ3) is 6.96. The molecule has 0 spiro atoms. The van der Waals surface area contributed by atoms with E-state index in [4.69, 9.17) is 4.74 Å². The highest BCUT2D eigenvalue weighted by molar-refractivity contribution is 14.0. The molecule has 3 rings (SSSR count). The minimum absolute atomic E-state index is 0. The molecule has 2 saturated heterocycles. The molecule has 0 amide bonds. The first-order valence-corrected chi connectivity index (χ1v) is 10.4. The van der Waals surface area contributed by atoms with Crippen LogP contribution in [0.3, 0.4) is 0 Å². The molecule has 0 saturated carbocycles. The minimum atomic E-state index is -0.184. The maximum atomic E-state index is 13.6. The predicted octanol–water partition coefficient (Wildman–Crippen LogP) is 2.69. The molecule has 2 fully saturated rings. The molecule has 0 radical (unpaired) electrons. The highest BCUT2D eigenvalue weighted by Gasteiger charge is 2.25. The summed E-state index contributed by atoms with van der Waals surface area (Å²) in [4.78, 5) is 9.13. The van der Waals surface area contributed by atoms with Gasteiger partial charge < -0.3 is 20.3 Å². The van der Waals surface area contributed by atoms with Crippen LogP contribution in [0.2, 0.25) is 0 Å². The summed E-state index contributed by atoms with van der Waals surface area (Å²) in [7, 11) is 1.81. The number of nitrogens with one attached hydrogen (secondary N) is 2. The van der Waals surface area contributed by atoms with Crippen LogP contribution in [0.1, 0.15) is 26.7 Å². The third-order valence-electron chi connectivity index (χ3n) is 5.71. The van der Waals surface area contributed by atoms with Gasteiger partial charge in [-0.3, -0.25) is 9.89 Å². The molecule has 164 valence electrons.